The lowest BCUT2D eigenvalue weighted by atomic mass is 9.93. The molecule has 0 aliphatic heterocycles. The van der Waals surface area contributed by atoms with Crippen molar-refractivity contribution < 1.29 is 22.7 Å². The van der Waals surface area contributed by atoms with Gasteiger partial charge in [0.05, 0.1) is 5.92 Å². The Balaban J connectivity index is 1.51. The molecule has 2 aliphatic rings. The van der Waals surface area contributed by atoms with E-state index in [1.807, 2.05) is 24.3 Å². The number of esters is 1. The maximum atomic E-state index is 12.8. The fraction of sp³-hybridized carbons (Fsp3) is 0.400. The van der Waals surface area contributed by atoms with Crippen LogP contribution in [0.4, 0.5) is 13.2 Å². The maximum Gasteiger partial charge on any atom is 0.426 e. The molecule has 0 unspecified atom stereocenters. The standard InChI is InChI=1S/C25H24ClF3O2/c1-24(2)20(13-21(26)25(27,28)29)22(24)23(30)31-14-16-9-6-12-19-17-10-4-3-7-15(17)8-5-11-18(16)19/h3-4,6-7,9-10,12-13,20,22H,5,8,11,14H2,1-2H3/b21-13-/t20-,22-/m1/s1. The van der Waals surface area contributed by atoms with E-state index in [9.17, 15) is 18.0 Å². The summed E-state index contributed by atoms with van der Waals surface area (Å²) in [4.78, 5) is 12.7. The number of halogens is 4. The summed E-state index contributed by atoms with van der Waals surface area (Å²) >= 11 is 5.38. The molecular formula is C25H24ClF3O2. The molecule has 0 aromatic heterocycles. The van der Waals surface area contributed by atoms with Gasteiger partial charge in [-0.1, -0.05) is 74.0 Å². The van der Waals surface area contributed by atoms with E-state index in [0.717, 1.165) is 36.5 Å². The van der Waals surface area contributed by atoms with Gasteiger partial charge in [-0.2, -0.15) is 13.2 Å². The number of carbonyl (C=O) groups is 1. The molecule has 1 fully saturated rings. The first kappa shape index (κ1) is 21.9. The van der Waals surface area contributed by atoms with E-state index < -0.39 is 34.4 Å². The number of allylic oxidation sites excluding steroid dienone is 2. The predicted molar refractivity (Wildman–Crippen MR) is 114 cm³/mol. The largest absolute Gasteiger partial charge is 0.461 e. The zero-order valence-corrected chi connectivity index (χ0v) is 18.2. The van der Waals surface area contributed by atoms with Crippen LogP contribution in [0, 0.1) is 17.3 Å². The first-order valence-electron chi connectivity index (χ1n) is 10.4. The second-order valence-electron chi connectivity index (χ2n) is 8.90. The van der Waals surface area contributed by atoms with Gasteiger partial charge in [0.15, 0.2) is 0 Å². The van der Waals surface area contributed by atoms with Gasteiger partial charge in [-0.15, -0.1) is 0 Å². The highest BCUT2D eigenvalue weighted by molar-refractivity contribution is 6.30. The van der Waals surface area contributed by atoms with E-state index in [1.54, 1.807) is 13.8 Å². The Bertz CT molecular complexity index is 1040. The van der Waals surface area contributed by atoms with Crippen LogP contribution in [-0.4, -0.2) is 12.1 Å². The molecule has 0 bridgehead atoms. The van der Waals surface area contributed by atoms with Crippen LogP contribution in [-0.2, 0) is 29.0 Å². The molecule has 31 heavy (non-hydrogen) atoms. The van der Waals surface area contributed by atoms with E-state index in [4.69, 9.17) is 16.3 Å². The van der Waals surface area contributed by atoms with Gasteiger partial charge in [0, 0.05) is 0 Å². The van der Waals surface area contributed by atoms with Crippen LogP contribution >= 0.6 is 11.6 Å². The smallest absolute Gasteiger partial charge is 0.426 e. The second-order valence-corrected chi connectivity index (χ2v) is 9.31. The quantitative estimate of drug-likeness (QED) is 0.478. The van der Waals surface area contributed by atoms with Crippen LogP contribution in [0.3, 0.4) is 0 Å². The van der Waals surface area contributed by atoms with Gasteiger partial charge in [-0.25, -0.2) is 0 Å². The summed E-state index contributed by atoms with van der Waals surface area (Å²) in [5, 5.41) is -1.19. The van der Waals surface area contributed by atoms with E-state index >= 15 is 0 Å². The van der Waals surface area contributed by atoms with Crippen molar-refractivity contribution in [2.24, 2.45) is 17.3 Å². The summed E-state index contributed by atoms with van der Waals surface area (Å²) < 4.78 is 43.9. The fourth-order valence-electron chi connectivity index (χ4n) is 4.70. The third-order valence-corrected chi connectivity index (χ3v) is 6.92. The van der Waals surface area contributed by atoms with Crippen LogP contribution in [0.5, 0.6) is 0 Å². The Kier molecular flexibility index (Phi) is 5.67. The van der Waals surface area contributed by atoms with E-state index in [2.05, 4.69) is 18.2 Å². The molecule has 0 spiro atoms. The van der Waals surface area contributed by atoms with Gasteiger partial charge in [0.25, 0.3) is 0 Å². The van der Waals surface area contributed by atoms with Crippen LogP contribution < -0.4 is 0 Å². The molecule has 164 valence electrons. The minimum absolute atomic E-state index is 0.111. The molecule has 2 aromatic carbocycles. The minimum atomic E-state index is -4.60. The van der Waals surface area contributed by atoms with Crippen molar-refractivity contribution in [2.45, 2.75) is 45.9 Å². The highest BCUT2D eigenvalue weighted by atomic mass is 35.5. The molecule has 0 N–H and O–H groups in total. The number of carbonyl (C=O) groups excluding carboxylic acids is 1. The molecule has 6 heteroatoms. The number of hydrogen-bond acceptors (Lipinski definition) is 2. The van der Waals surface area contributed by atoms with Crippen LogP contribution in [0.2, 0.25) is 0 Å². The van der Waals surface area contributed by atoms with E-state index in [0.29, 0.717) is 0 Å². The average molecular weight is 449 g/mol. The Labute approximate surface area is 185 Å². The molecule has 1 saturated carbocycles. The summed E-state index contributed by atoms with van der Waals surface area (Å²) in [6, 6.07) is 14.3. The average Bonchev–Trinajstić information content (AvgIpc) is 3.32. The molecule has 2 aromatic rings. The Morgan fingerprint density at radius 3 is 2.58 bits per heavy atom. The fourth-order valence-corrected chi connectivity index (χ4v) is 4.84. The van der Waals surface area contributed by atoms with Crippen molar-refractivity contribution in [2.75, 3.05) is 0 Å². The molecule has 4 rings (SSSR count). The van der Waals surface area contributed by atoms with E-state index in [1.165, 1.54) is 16.7 Å². The number of benzene rings is 2. The monoisotopic (exact) mass is 448 g/mol. The van der Waals surface area contributed by atoms with Crippen molar-refractivity contribution in [1.82, 2.24) is 0 Å². The zero-order chi connectivity index (χ0) is 22.4. The lowest BCUT2D eigenvalue weighted by Crippen LogP contribution is -2.12. The van der Waals surface area contributed by atoms with Gasteiger partial charge in [0.2, 0.25) is 0 Å². The van der Waals surface area contributed by atoms with Crippen LogP contribution in [0.25, 0.3) is 11.1 Å². The summed E-state index contributed by atoms with van der Waals surface area (Å²) in [6.07, 6.45) is -0.771. The number of rotatable bonds is 4. The lowest BCUT2D eigenvalue weighted by molar-refractivity contribution is -0.147. The maximum absolute atomic E-state index is 12.8. The molecule has 2 atom stereocenters. The summed E-state index contributed by atoms with van der Waals surface area (Å²) in [5.41, 5.74) is 5.18. The third-order valence-electron chi connectivity index (χ3n) is 6.58. The molecule has 0 heterocycles. The summed E-state index contributed by atoms with van der Waals surface area (Å²) in [7, 11) is 0. The van der Waals surface area contributed by atoms with Gasteiger partial charge >= 0.3 is 12.1 Å². The number of hydrogen-bond donors (Lipinski definition) is 0. The van der Waals surface area contributed by atoms with Gasteiger partial charge in [0.1, 0.15) is 11.6 Å². The SMILES string of the molecule is CC1(C)[C@H](/C=C(\Cl)C(F)(F)F)[C@@H]1C(=O)OCc1cccc2c1CCCc1ccccc1-2. The zero-order valence-electron chi connectivity index (χ0n) is 17.4. The Morgan fingerprint density at radius 2 is 1.84 bits per heavy atom. The first-order chi connectivity index (χ1) is 14.6. The molecule has 2 nitrogen and oxygen atoms in total. The first-order valence-corrected chi connectivity index (χ1v) is 10.8. The number of alkyl halides is 3. The van der Waals surface area contributed by atoms with Crippen LogP contribution in [0.15, 0.2) is 53.6 Å². The highest BCUT2D eigenvalue weighted by Gasteiger charge is 2.62. The van der Waals surface area contributed by atoms with Gasteiger partial charge in [-0.3, -0.25) is 4.79 Å². The molecule has 0 amide bonds. The molecule has 0 saturated heterocycles. The molecule has 2 aliphatic carbocycles. The molecular weight excluding hydrogens is 425 g/mol. The van der Waals surface area contributed by atoms with Crippen LogP contribution in [0.1, 0.15) is 37.0 Å². The van der Waals surface area contributed by atoms with Crippen molar-refractivity contribution in [1.29, 1.82) is 0 Å². The topological polar surface area (TPSA) is 26.3 Å². The normalized spacial score (nSPS) is 22.2. The van der Waals surface area contributed by atoms with Crippen molar-refractivity contribution in [3.8, 4) is 11.1 Å². The number of ether oxygens (including phenoxy) is 1. The second kappa shape index (κ2) is 8.01. The Hall–Kier alpha value is -2.27. The number of fused-ring (bicyclic) bond motifs is 3. The minimum Gasteiger partial charge on any atom is -0.461 e. The predicted octanol–water partition coefficient (Wildman–Crippen LogP) is 6.84. The summed E-state index contributed by atoms with van der Waals surface area (Å²) in [5.74, 6) is -1.70. The van der Waals surface area contributed by atoms with Crippen molar-refractivity contribution in [3.05, 3.63) is 70.3 Å². The van der Waals surface area contributed by atoms with E-state index in [-0.39, 0.29) is 6.61 Å². The molecule has 0 radical (unpaired) electrons. The lowest BCUT2D eigenvalue weighted by Gasteiger charge is -2.14. The van der Waals surface area contributed by atoms with Crippen molar-refractivity contribution >= 4 is 17.6 Å². The summed E-state index contributed by atoms with van der Waals surface area (Å²) in [6.45, 7) is 3.62. The third kappa shape index (κ3) is 4.25. The Morgan fingerprint density at radius 1 is 1.13 bits per heavy atom. The van der Waals surface area contributed by atoms with Gasteiger partial charge in [-0.05, 0) is 58.4 Å². The highest BCUT2D eigenvalue weighted by Crippen LogP contribution is 2.60. The van der Waals surface area contributed by atoms with Crippen molar-refractivity contribution in [3.63, 3.8) is 0 Å². The number of aryl methyl sites for hydroxylation is 1. The van der Waals surface area contributed by atoms with Gasteiger partial charge < -0.3 is 4.74 Å².